The number of nitrogens with one attached hydrogen (secondary N) is 2. The summed E-state index contributed by atoms with van der Waals surface area (Å²) in [6.45, 7) is 18.4. The van der Waals surface area contributed by atoms with Crippen LogP contribution < -0.4 is 15.5 Å². The van der Waals surface area contributed by atoms with Crippen LogP contribution in [0.15, 0.2) is 40.6 Å². The van der Waals surface area contributed by atoms with Crippen LogP contribution in [-0.4, -0.2) is 41.6 Å². The summed E-state index contributed by atoms with van der Waals surface area (Å²) < 4.78 is 7.57. The summed E-state index contributed by atoms with van der Waals surface area (Å²) >= 11 is 13.9. The van der Waals surface area contributed by atoms with Gasteiger partial charge in [0.1, 0.15) is 29.7 Å². The maximum absolute atomic E-state index is 12.5. The molecule has 0 radical (unpaired) electrons. The van der Waals surface area contributed by atoms with Gasteiger partial charge in [0.2, 0.25) is 5.91 Å². The van der Waals surface area contributed by atoms with Crippen LogP contribution in [0.3, 0.4) is 0 Å². The highest BCUT2D eigenvalue weighted by atomic mass is 35.5. The van der Waals surface area contributed by atoms with E-state index in [0.29, 0.717) is 45.2 Å². The fourth-order valence-corrected chi connectivity index (χ4v) is 7.62. The van der Waals surface area contributed by atoms with E-state index in [0.717, 1.165) is 57.3 Å². The minimum Gasteiger partial charge on any atom is -0.371 e. The van der Waals surface area contributed by atoms with Crippen LogP contribution in [0.1, 0.15) is 169 Å². The van der Waals surface area contributed by atoms with Gasteiger partial charge in [0.25, 0.3) is 0 Å². The summed E-state index contributed by atoms with van der Waals surface area (Å²) in [5.41, 5.74) is 3.38. The number of hydrogen-bond donors (Lipinski definition) is 2. The third kappa shape index (κ3) is 15.5. The van der Waals surface area contributed by atoms with Crippen molar-refractivity contribution in [2.75, 3.05) is 35.4 Å². The maximum atomic E-state index is 12.5. The SMILES string of the molecule is CCCCCCCCN(CCCCCCCC)c1ccc(N=Nc2c(C#N)c(C(C)(C)C)nn2-c2c(Cl)cc(NCOC(CC)CCCC)cc2Cl)c(NC(C)=O)c1. The quantitative estimate of drug-likeness (QED) is 0.0448. The summed E-state index contributed by atoms with van der Waals surface area (Å²) in [6.07, 6.45) is 19.1. The Balaban J connectivity index is 2.00. The van der Waals surface area contributed by atoms with Crippen molar-refractivity contribution in [1.29, 1.82) is 5.26 Å². The van der Waals surface area contributed by atoms with Gasteiger partial charge < -0.3 is 20.3 Å². The first-order chi connectivity index (χ1) is 27.9. The molecule has 3 aromatic rings. The minimum absolute atomic E-state index is 0.173. The number of anilines is 3. The highest BCUT2D eigenvalue weighted by molar-refractivity contribution is 6.38. The minimum atomic E-state index is -0.510. The van der Waals surface area contributed by atoms with Crippen LogP contribution in [-0.2, 0) is 14.9 Å². The monoisotopic (exact) mass is 836 g/mol. The molecular weight excluding hydrogens is 767 g/mol. The van der Waals surface area contributed by atoms with Gasteiger partial charge in [-0.1, -0.05) is 149 Å². The van der Waals surface area contributed by atoms with Crippen molar-refractivity contribution >= 4 is 57.7 Å². The zero-order valence-corrected chi connectivity index (χ0v) is 38.2. The lowest BCUT2D eigenvalue weighted by molar-refractivity contribution is -0.114. The lowest BCUT2D eigenvalue weighted by Gasteiger charge is -2.26. The van der Waals surface area contributed by atoms with Gasteiger partial charge in [-0.3, -0.25) is 4.79 Å². The number of azo groups is 1. The Morgan fingerprint density at radius 1 is 0.879 bits per heavy atom. The first-order valence-electron chi connectivity index (χ1n) is 21.8. The Kier molecular flexibility index (Phi) is 21.6. The lowest BCUT2D eigenvalue weighted by Crippen LogP contribution is -2.26. The average molecular weight is 838 g/mol. The molecule has 0 saturated carbocycles. The highest BCUT2D eigenvalue weighted by Gasteiger charge is 2.29. The Morgan fingerprint density at radius 3 is 2.00 bits per heavy atom. The van der Waals surface area contributed by atoms with Crippen LogP contribution in [0.25, 0.3) is 5.69 Å². The van der Waals surface area contributed by atoms with Gasteiger partial charge in [-0.05, 0) is 56.0 Å². The molecule has 0 saturated heterocycles. The second-order valence-electron chi connectivity index (χ2n) is 16.4. The maximum Gasteiger partial charge on any atom is 0.221 e. The number of ether oxygens (including phenoxy) is 1. The van der Waals surface area contributed by atoms with Crippen molar-refractivity contribution in [2.24, 2.45) is 10.2 Å². The van der Waals surface area contributed by atoms with E-state index in [1.165, 1.54) is 75.8 Å². The van der Waals surface area contributed by atoms with Gasteiger partial charge in [-0.2, -0.15) is 10.4 Å². The lowest BCUT2D eigenvalue weighted by atomic mass is 9.90. The summed E-state index contributed by atoms with van der Waals surface area (Å²) in [5, 5.41) is 31.6. The van der Waals surface area contributed by atoms with Gasteiger partial charge in [0, 0.05) is 36.8 Å². The predicted molar refractivity (Wildman–Crippen MR) is 244 cm³/mol. The molecule has 0 spiro atoms. The number of halogens is 2. The molecule has 1 amide bonds. The summed E-state index contributed by atoms with van der Waals surface area (Å²) in [6, 6.07) is 11.8. The second-order valence-corrected chi connectivity index (χ2v) is 17.2. The third-order valence-corrected chi connectivity index (χ3v) is 10.9. The molecule has 0 aliphatic carbocycles. The Morgan fingerprint density at radius 2 is 1.47 bits per heavy atom. The summed E-state index contributed by atoms with van der Waals surface area (Å²) in [7, 11) is 0. The third-order valence-electron chi connectivity index (χ3n) is 10.3. The molecule has 1 atom stereocenters. The molecule has 0 aliphatic heterocycles. The van der Waals surface area contributed by atoms with Crippen molar-refractivity contribution in [2.45, 2.75) is 170 Å². The van der Waals surface area contributed by atoms with E-state index in [1.54, 1.807) is 12.1 Å². The van der Waals surface area contributed by atoms with Gasteiger partial charge in [-0.15, -0.1) is 10.2 Å². The number of carbonyl (C=O) groups excluding carboxylic acids is 1. The van der Waals surface area contributed by atoms with Gasteiger partial charge in [0.05, 0.1) is 27.5 Å². The number of hydrogen-bond acceptors (Lipinski definition) is 8. The summed E-state index contributed by atoms with van der Waals surface area (Å²) in [4.78, 5) is 15.0. The molecule has 2 N–H and O–H groups in total. The molecule has 2 aromatic carbocycles. The average Bonchev–Trinajstić information content (AvgIpc) is 3.55. The predicted octanol–water partition coefficient (Wildman–Crippen LogP) is 14.6. The van der Waals surface area contributed by atoms with Crippen molar-refractivity contribution in [3.63, 3.8) is 0 Å². The van der Waals surface area contributed by atoms with Crippen molar-refractivity contribution < 1.29 is 9.53 Å². The standard InChI is InChI=1S/C46H70Cl2N8O2/c1-9-13-16-18-20-22-27-55(28-23-21-19-17-14-10-2)36-25-26-41(42(31-36)51-34(5)57)52-53-45-38(32-49)44(46(6,7)8)54-56(45)43-39(47)29-35(30-40(43)48)50-33-58-37(12-4)24-15-11-3/h25-26,29-31,37,50H,9-24,27-28,33H2,1-8H3,(H,51,57). The number of unbranched alkanes of at least 4 members (excludes halogenated alkanes) is 11. The van der Waals surface area contributed by atoms with Crippen molar-refractivity contribution in [1.82, 2.24) is 9.78 Å². The van der Waals surface area contributed by atoms with Gasteiger partial charge in [-0.25, -0.2) is 4.68 Å². The van der Waals surface area contributed by atoms with E-state index >= 15 is 0 Å². The number of nitriles is 1. The fourth-order valence-electron chi connectivity index (χ4n) is 6.97. The van der Waals surface area contributed by atoms with Crippen LogP contribution in [0, 0.1) is 11.3 Å². The first-order valence-corrected chi connectivity index (χ1v) is 22.6. The highest BCUT2D eigenvalue weighted by Crippen LogP contribution is 2.40. The van der Waals surface area contributed by atoms with Gasteiger partial charge >= 0.3 is 0 Å². The molecule has 10 nitrogen and oxygen atoms in total. The molecule has 0 aliphatic rings. The molecule has 12 heteroatoms. The normalized spacial score (nSPS) is 12.2. The molecule has 0 fully saturated rings. The number of aromatic nitrogens is 2. The summed E-state index contributed by atoms with van der Waals surface area (Å²) in [5.74, 6) is -0.0267. The van der Waals surface area contributed by atoms with Crippen molar-refractivity contribution in [3.8, 4) is 11.8 Å². The van der Waals surface area contributed by atoms with Crippen molar-refractivity contribution in [3.05, 3.63) is 51.6 Å². The first kappa shape index (κ1) is 48.7. The molecule has 1 aromatic heterocycles. The van der Waals surface area contributed by atoms with E-state index in [-0.39, 0.29) is 23.4 Å². The van der Waals surface area contributed by atoms with E-state index in [9.17, 15) is 10.1 Å². The van der Waals surface area contributed by atoms with E-state index in [1.807, 2.05) is 39.0 Å². The zero-order valence-electron chi connectivity index (χ0n) is 36.7. The van der Waals surface area contributed by atoms with Gasteiger partial charge in [0.15, 0.2) is 5.82 Å². The number of rotatable bonds is 27. The zero-order chi connectivity index (χ0) is 42.5. The molecule has 1 heterocycles. The Labute approximate surface area is 359 Å². The van der Waals surface area contributed by atoms with E-state index < -0.39 is 5.41 Å². The molecule has 0 bridgehead atoms. The number of amides is 1. The Bertz CT molecular complexity index is 1740. The fraction of sp³-hybridized carbons (Fsp3) is 0.630. The number of carbonyl (C=O) groups is 1. The Hall–Kier alpha value is -3.65. The van der Waals surface area contributed by atoms with Crippen LogP contribution in [0.5, 0.6) is 0 Å². The second kappa shape index (κ2) is 25.8. The van der Waals surface area contributed by atoms with E-state index in [4.69, 9.17) is 33.0 Å². The van der Waals surface area contributed by atoms with Crippen LogP contribution >= 0.6 is 23.2 Å². The van der Waals surface area contributed by atoms with Crippen LogP contribution in [0.2, 0.25) is 10.0 Å². The van der Waals surface area contributed by atoms with E-state index in [2.05, 4.69) is 59.5 Å². The smallest absolute Gasteiger partial charge is 0.221 e. The topological polar surface area (TPSA) is 120 Å². The van der Waals surface area contributed by atoms with Crippen LogP contribution in [0.4, 0.5) is 28.6 Å². The molecule has 1 unspecified atom stereocenters. The number of nitrogens with zero attached hydrogens (tertiary/aromatic N) is 6. The molecule has 58 heavy (non-hydrogen) atoms. The molecule has 320 valence electrons. The largest absolute Gasteiger partial charge is 0.371 e. The molecule has 3 rings (SSSR count). The molecular formula is C46H70Cl2N8O2. The number of benzene rings is 2.